The number of hydrogen-bond acceptors (Lipinski definition) is 5. The van der Waals surface area contributed by atoms with Crippen molar-refractivity contribution in [2.24, 2.45) is 0 Å². The highest BCUT2D eigenvalue weighted by Gasteiger charge is 2.20. The molecule has 0 saturated heterocycles. The predicted molar refractivity (Wildman–Crippen MR) is 63.9 cm³/mol. The summed E-state index contributed by atoms with van der Waals surface area (Å²) >= 11 is 0. The standard InChI is InChI=1S/C12H17NO4/c1-4-17-12(13)11(14)9-7-8(15-2)5-6-10(9)16-3/h5-7,11,13-14H,4H2,1-3H3. The average Bonchev–Trinajstić information content (AvgIpc) is 2.37. The lowest BCUT2D eigenvalue weighted by molar-refractivity contribution is 0.186. The molecule has 17 heavy (non-hydrogen) atoms. The summed E-state index contributed by atoms with van der Waals surface area (Å²) in [5.41, 5.74) is 0.449. The van der Waals surface area contributed by atoms with Gasteiger partial charge in [0.2, 0.25) is 5.90 Å². The van der Waals surface area contributed by atoms with Crippen molar-refractivity contribution in [3.8, 4) is 11.5 Å². The molecule has 0 heterocycles. The zero-order chi connectivity index (χ0) is 12.8. The summed E-state index contributed by atoms with van der Waals surface area (Å²) < 4.78 is 15.2. The zero-order valence-corrected chi connectivity index (χ0v) is 10.2. The second-order valence-corrected chi connectivity index (χ2v) is 3.31. The van der Waals surface area contributed by atoms with Crippen LogP contribution in [0.1, 0.15) is 18.6 Å². The molecule has 1 rings (SSSR count). The van der Waals surface area contributed by atoms with Crippen molar-refractivity contribution >= 4 is 5.90 Å². The van der Waals surface area contributed by atoms with Crippen molar-refractivity contribution in [3.05, 3.63) is 23.8 Å². The third kappa shape index (κ3) is 3.10. The third-order valence-corrected chi connectivity index (χ3v) is 2.28. The van der Waals surface area contributed by atoms with E-state index in [1.54, 1.807) is 25.1 Å². The Bertz CT molecular complexity index is 392. The van der Waals surface area contributed by atoms with E-state index in [4.69, 9.17) is 19.6 Å². The summed E-state index contributed by atoms with van der Waals surface area (Å²) in [6.07, 6.45) is -1.15. The van der Waals surface area contributed by atoms with E-state index in [1.165, 1.54) is 14.2 Å². The van der Waals surface area contributed by atoms with Gasteiger partial charge in [0.1, 0.15) is 11.5 Å². The number of hydrogen-bond donors (Lipinski definition) is 2. The molecule has 0 amide bonds. The van der Waals surface area contributed by atoms with Crippen LogP contribution in [0.2, 0.25) is 0 Å². The Labute approximate surface area is 100 Å². The van der Waals surface area contributed by atoms with Gasteiger partial charge in [-0.1, -0.05) is 0 Å². The van der Waals surface area contributed by atoms with E-state index in [2.05, 4.69) is 0 Å². The normalized spacial score (nSPS) is 11.8. The lowest BCUT2D eigenvalue weighted by atomic mass is 10.1. The molecule has 0 aliphatic heterocycles. The first-order valence-electron chi connectivity index (χ1n) is 5.25. The van der Waals surface area contributed by atoms with Gasteiger partial charge in [-0.15, -0.1) is 0 Å². The molecule has 0 bridgehead atoms. The van der Waals surface area contributed by atoms with Gasteiger partial charge in [-0.25, -0.2) is 0 Å². The first kappa shape index (κ1) is 13.3. The van der Waals surface area contributed by atoms with Gasteiger partial charge in [-0.3, -0.25) is 5.41 Å². The minimum atomic E-state index is -1.15. The van der Waals surface area contributed by atoms with Crippen LogP contribution in [0.25, 0.3) is 0 Å². The van der Waals surface area contributed by atoms with Crippen LogP contribution in [0, 0.1) is 5.41 Å². The molecule has 1 unspecified atom stereocenters. The zero-order valence-electron chi connectivity index (χ0n) is 10.2. The van der Waals surface area contributed by atoms with Gasteiger partial charge in [0, 0.05) is 5.56 Å². The Kier molecular flexibility index (Phi) is 4.78. The van der Waals surface area contributed by atoms with Crippen molar-refractivity contribution < 1.29 is 19.3 Å². The highest BCUT2D eigenvalue weighted by atomic mass is 16.5. The molecule has 0 aliphatic carbocycles. The first-order chi connectivity index (χ1) is 8.13. The molecule has 0 aliphatic rings. The first-order valence-corrected chi connectivity index (χ1v) is 5.25. The quantitative estimate of drug-likeness (QED) is 0.606. The molecule has 0 radical (unpaired) electrons. The number of ether oxygens (including phenoxy) is 3. The summed E-state index contributed by atoms with van der Waals surface area (Å²) in [4.78, 5) is 0. The van der Waals surface area contributed by atoms with E-state index in [1.807, 2.05) is 0 Å². The van der Waals surface area contributed by atoms with Crippen LogP contribution in [0.3, 0.4) is 0 Å². The van der Waals surface area contributed by atoms with Crippen molar-refractivity contribution in [1.82, 2.24) is 0 Å². The molecule has 1 atom stereocenters. The van der Waals surface area contributed by atoms with E-state index in [0.717, 1.165) is 0 Å². The molecular weight excluding hydrogens is 222 g/mol. The van der Waals surface area contributed by atoms with E-state index in [9.17, 15) is 5.11 Å². The Morgan fingerprint density at radius 3 is 2.59 bits per heavy atom. The van der Waals surface area contributed by atoms with Crippen molar-refractivity contribution in [2.45, 2.75) is 13.0 Å². The van der Waals surface area contributed by atoms with Gasteiger partial charge < -0.3 is 19.3 Å². The van der Waals surface area contributed by atoms with E-state index in [-0.39, 0.29) is 5.90 Å². The Morgan fingerprint density at radius 1 is 1.35 bits per heavy atom. The van der Waals surface area contributed by atoms with Gasteiger partial charge in [0.05, 0.1) is 20.8 Å². The molecule has 5 heteroatoms. The van der Waals surface area contributed by atoms with Crippen molar-refractivity contribution in [3.63, 3.8) is 0 Å². The van der Waals surface area contributed by atoms with Crippen LogP contribution in [-0.4, -0.2) is 31.8 Å². The maximum Gasteiger partial charge on any atom is 0.215 e. The number of benzene rings is 1. The van der Waals surface area contributed by atoms with Crippen LogP contribution in [0.15, 0.2) is 18.2 Å². The van der Waals surface area contributed by atoms with Crippen LogP contribution in [-0.2, 0) is 4.74 Å². The lowest BCUT2D eigenvalue weighted by Crippen LogP contribution is -2.15. The van der Waals surface area contributed by atoms with Crippen LogP contribution >= 0.6 is 0 Å². The predicted octanol–water partition coefficient (Wildman–Crippen LogP) is 1.75. The molecule has 0 saturated carbocycles. The second kappa shape index (κ2) is 6.10. The largest absolute Gasteiger partial charge is 0.497 e. The van der Waals surface area contributed by atoms with Crippen LogP contribution < -0.4 is 9.47 Å². The number of methoxy groups -OCH3 is 2. The lowest BCUT2D eigenvalue weighted by Gasteiger charge is -2.16. The highest BCUT2D eigenvalue weighted by Crippen LogP contribution is 2.30. The molecular formula is C12H17NO4. The van der Waals surface area contributed by atoms with Crippen molar-refractivity contribution in [1.29, 1.82) is 5.41 Å². The maximum absolute atomic E-state index is 9.97. The maximum atomic E-state index is 9.97. The molecule has 0 aromatic heterocycles. The summed E-state index contributed by atoms with van der Waals surface area (Å²) in [5.74, 6) is 0.867. The number of nitrogens with one attached hydrogen (secondary N) is 1. The van der Waals surface area contributed by atoms with Gasteiger partial charge in [-0.2, -0.15) is 0 Å². The summed E-state index contributed by atoms with van der Waals surface area (Å²) in [6, 6.07) is 5.02. The van der Waals surface area contributed by atoms with Gasteiger partial charge in [0.25, 0.3) is 0 Å². The smallest absolute Gasteiger partial charge is 0.215 e. The Balaban J connectivity index is 3.04. The fourth-order valence-electron chi connectivity index (χ4n) is 1.43. The molecule has 2 N–H and O–H groups in total. The fourth-order valence-corrected chi connectivity index (χ4v) is 1.43. The van der Waals surface area contributed by atoms with E-state index >= 15 is 0 Å². The molecule has 1 aromatic carbocycles. The topological polar surface area (TPSA) is 71.8 Å². The molecule has 1 aromatic rings. The molecule has 0 fully saturated rings. The highest BCUT2D eigenvalue weighted by molar-refractivity contribution is 5.80. The molecule has 5 nitrogen and oxygen atoms in total. The average molecular weight is 239 g/mol. The van der Waals surface area contributed by atoms with Gasteiger partial charge >= 0.3 is 0 Å². The molecule has 94 valence electrons. The number of aliphatic hydroxyl groups excluding tert-OH is 1. The summed E-state index contributed by atoms with van der Waals surface area (Å²) in [7, 11) is 3.04. The number of rotatable bonds is 5. The third-order valence-electron chi connectivity index (χ3n) is 2.28. The minimum absolute atomic E-state index is 0.209. The monoisotopic (exact) mass is 239 g/mol. The van der Waals surface area contributed by atoms with Gasteiger partial charge in [-0.05, 0) is 25.1 Å². The Morgan fingerprint density at radius 2 is 2.06 bits per heavy atom. The van der Waals surface area contributed by atoms with Crippen LogP contribution in [0.5, 0.6) is 11.5 Å². The summed E-state index contributed by atoms with van der Waals surface area (Å²) in [6.45, 7) is 2.09. The SMILES string of the molecule is CCOC(=N)C(O)c1cc(OC)ccc1OC. The van der Waals surface area contributed by atoms with Gasteiger partial charge in [0.15, 0.2) is 6.10 Å². The van der Waals surface area contributed by atoms with E-state index < -0.39 is 6.10 Å². The van der Waals surface area contributed by atoms with Crippen molar-refractivity contribution in [2.75, 3.05) is 20.8 Å². The molecule has 0 spiro atoms. The summed E-state index contributed by atoms with van der Waals surface area (Å²) in [5, 5.41) is 17.5. The Hall–Kier alpha value is -1.75. The fraction of sp³-hybridized carbons (Fsp3) is 0.417. The number of aliphatic hydroxyl groups is 1. The minimum Gasteiger partial charge on any atom is -0.497 e. The van der Waals surface area contributed by atoms with Crippen LogP contribution in [0.4, 0.5) is 0 Å². The second-order valence-electron chi connectivity index (χ2n) is 3.31. The van der Waals surface area contributed by atoms with E-state index in [0.29, 0.717) is 23.7 Å².